The molecule has 3 rings (SSSR count). The number of aromatic nitrogens is 2. The summed E-state index contributed by atoms with van der Waals surface area (Å²) in [7, 11) is 0. The van der Waals surface area contributed by atoms with E-state index in [0.29, 0.717) is 5.92 Å². The molecule has 0 saturated heterocycles. The molecule has 0 spiro atoms. The number of nitrogens with one attached hydrogen (secondary N) is 1. The Morgan fingerprint density at radius 1 is 1.53 bits per heavy atom. The molecule has 1 unspecified atom stereocenters. The highest BCUT2D eigenvalue weighted by molar-refractivity contribution is 5.17. The van der Waals surface area contributed by atoms with Crippen molar-refractivity contribution in [1.29, 1.82) is 5.26 Å². The van der Waals surface area contributed by atoms with E-state index in [9.17, 15) is 5.26 Å². The highest BCUT2D eigenvalue weighted by Crippen LogP contribution is 2.40. The molecule has 1 saturated carbocycles. The standard InChI is InChI=1S/C14H21N5/c1-2-17-14(10-15,12-3-4-12)11-18-7-8-19-6-5-16-13(19)9-18/h5-6,12,17H,2-4,7-9,11H2,1H3. The lowest BCUT2D eigenvalue weighted by Gasteiger charge is -2.36. The van der Waals surface area contributed by atoms with Gasteiger partial charge in [0.15, 0.2) is 0 Å². The lowest BCUT2D eigenvalue weighted by molar-refractivity contribution is 0.161. The Hall–Kier alpha value is -1.38. The van der Waals surface area contributed by atoms with Gasteiger partial charge in [0.1, 0.15) is 11.4 Å². The second-order valence-corrected chi connectivity index (χ2v) is 5.64. The molecule has 1 aromatic rings. The molecule has 102 valence electrons. The van der Waals surface area contributed by atoms with Crippen molar-refractivity contribution in [1.82, 2.24) is 19.8 Å². The number of nitrogens with zero attached hydrogens (tertiary/aromatic N) is 4. The summed E-state index contributed by atoms with van der Waals surface area (Å²) in [6, 6.07) is 2.56. The Morgan fingerprint density at radius 2 is 2.37 bits per heavy atom. The van der Waals surface area contributed by atoms with Crippen LogP contribution in [0, 0.1) is 17.2 Å². The molecule has 0 amide bonds. The number of hydrogen-bond acceptors (Lipinski definition) is 4. The highest BCUT2D eigenvalue weighted by atomic mass is 15.3. The molecule has 1 aliphatic carbocycles. The second-order valence-electron chi connectivity index (χ2n) is 5.64. The van der Waals surface area contributed by atoms with Gasteiger partial charge in [-0.2, -0.15) is 5.26 Å². The fourth-order valence-electron chi connectivity index (χ4n) is 3.10. The zero-order valence-electron chi connectivity index (χ0n) is 11.5. The summed E-state index contributed by atoms with van der Waals surface area (Å²) in [6.07, 6.45) is 6.27. The second kappa shape index (κ2) is 4.95. The molecule has 19 heavy (non-hydrogen) atoms. The minimum absolute atomic E-state index is 0.358. The van der Waals surface area contributed by atoms with Crippen LogP contribution >= 0.6 is 0 Å². The van der Waals surface area contributed by atoms with Gasteiger partial charge in [-0.25, -0.2) is 4.98 Å². The largest absolute Gasteiger partial charge is 0.333 e. The molecular weight excluding hydrogens is 238 g/mol. The zero-order valence-corrected chi connectivity index (χ0v) is 11.5. The van der Waals surface area contributed by atoms with Crippen LogP contribution in [0.4, 0.5) is 0 Å². The summed E-state index contributed by atoms with van der Waals surface area (Å²) in [6.45, 7) is 6.59. The van der Waals surface area contributed by atoms with E-state index < -0.39 is 0 Å². The minimum atomic E-state index is -0.358. The normalized spacial score (nSPS) is 22.5. The monoisotopic (exact) mass is 259 g/mol. The summed E-state index contributed by atoms with van der Waals surface area (Å²) in [4.78, 5) is 6.75. The van der Waals surface area contributed by atoms with Crippen LogP contribution in [0.25, 0.3) is 0 Å². The number of hydrogen-bond donors (Lipinski definition) is 1. The summed E-state index contributed by atoms with van der Waals surface area (Å²) in [5.74, 6) is 1.64. The number of likely N-dealkylation sites (N-methyl/N-ethyl adjacent to an activating group) is 1. The van der Waals surface area contributed by atoms with Crippen molar-refractivity contribution in [3.05, 3.63) is 18.2 Å². The molecule has 1 atom stereocenters. The highest BCUT2D eigenvalue weighted by Gasteiger charge is 2.46. The smallest absolute Gasteiger partial charge is 0.122 e. The number of fused-ring (bicyclic) bond motifs is 1. The van der Waals surface area contributed by atoms with Crippen LogP contribution < -0.4 is 5.32 Å². The molecular formula is C14H21N5. The number of nitriles is 1. The minimum Gasteiger partial charge on any atom is -0.333 e. The molecule has 1 aliphatic heterocycles. The van der Waals surface area contributed by atoms with Gasteiger partial charge in [0.2, 0.25) is 0 Å². The van der Waals surface area contributed by atoms with Gasteiger partial charge in [-0.15, -0.1) is 0 Å². The van der Waals surface area contributed by atoms with Crippen molar-refractivity contribution in [2.24, 2.45) is 5.92 Å². The van der Waals surface area contributed by atoms with Crippen molar-refractivity contribution < 1.29 is 0 Å². The van der Waals surface area contributed by atoms with Gasteiger partial charge >= 0.3 is 0 Å². The third-order valence-electron chi connectivity index (χ3n) is 4.26. The van der Waals surface area contributed by atoms with E-state index in [-0.39, 0.29) is 5.54 Å². The van der Waals surface area contributed by atoms with E-state index in [0.717, 1.165) is 38.5 Å². The first-order valence-corrected chi connectivity index (χ1v) is 7.16. The molecule has 0 bridgehead atoms. The first kappa shape index (κ1) is 12.6. The molecule has 5 heteroatoms. The van der Waals surface area contributed by atoms with E-state index in [4.69, 9.17) is 0 Å². The topological polar surface area (TPSA) is 56.9 Å². The van der Waals surface area contributed by atoms with Crippen LogP contribution in [0.15, 0.2) is 12.4 Å². The van der Waals surface area contributed by atoms with Crippen molar-refractivity contribution in [2.75, 3.05) is 19.6 Å². The van der Waals surface area contributed by atoms with Crippen LogP contribution in [-0.4, -0.2) is 39.6 Å². The molecule has 0 radical (unpaired) electrons. The average Bonchev–Trinajstić information content (AvgIpc) is 3.17. The fraction of sp³-hybridized carbons (Fsp3) is 0.714. The fourth-order valence-corrected chi connectivity index (χ4v) is 3.10. The first-order valence-electron chi connectivity index (χ1n) is 7.16. The Bertz CT molecular complexity index is 484. The molecule has 1 N–H and O–H groups in total. The maximum absolute atomic E-state index is 9.64. The predicted octanol–water partition coefficient (Wildman–Crippen LogP) is 0.981. The lowest BCUT2D eigenvalue weighted by Crippen LogP contribution is -2.55. The molecule has 2 aliphatic rings. The Morgan fingerprint density at radius 3 is 3.05 bits per heavy atom. The quantitative estimate of drug-likeness (QED) is 0.856. The van der Waals surface area contributed by atoms with Gasteiger partial charge < -0.3 is 4.57 Å². The van der Waals surface area contributed by atoms with Crippen molar-refractivity contribution in [3.8, 4) is 6.07 Å². The summed E-state index contributed by atoms with van der Waals surface area (Å²) in [5.41, 5.74) is -0.358. The summed E-state index contributed by atoms with van der Waals surface area (Å²) in [5, 5.41) is 13.1. The van der Waals surface area contributed by atoms with Gasteiger partial charge in [-0.3, -0.25) is 10.2 Å². The lowest BCUT2D eigenvalue weighted by atomic mass is 9.93. The Kier molecular flexibility index (Phi) is 3.29. The number of imidazole rings is 1. The number of rotatable bonds is 5. The van der Waals surface area contributed by atoms with Crippen LogP contribution in [0.2, 0.25) is 0 Å². The van der Waals surface area contributed by atoms with E-state index >= 15 is 0 Å². The first-order chi connectivity index (χ1) is 9.27. The predicted molar refractivity (Wildman–Crippen MR) is 72.2 cm³/mol. The van der Waals surface area contributed by atoms with E-state index in [2.05, 4.69) is 32.8 Å². The molecule has 5 nitrogen and oxygen atoms in total. The molecule has 1 aromatic heterocycles. The maximum atomic E-state index is 9.64. The van der Waals surface area contributed by atoms with Crippen molar-refractivity contribution >= 4 is 0 Å². The summed E-state index contributed by atoms with van der Waals surface area (Å²) >= 11 is 0. The Labute approximate surface area is 114 Å². The van der Waals surface area contributed by atoms with Crippen LogP contribution in [0.3, 0.4) is 0 Å². The van der Waals surface area contributed by atoms with Gasteiger partial charge in [-0.05, 0) is 25.3 Å². The van der Waals surface area contributed by atoms with Gasteiger partial charge in [0.05, 0.1) is 12.6 Å². The van der Waals surface area contributed by atoms with Crippen LogP contribution in [0.5, 0.6) is 0 Å². The van der Waals surface area contributed by atoms with Gasteiger partial charge in [-0.1, -0.05) is 6.92 Å². The average molecular weight is 259 g/mol. The van der Waals surface area contributed by atoms with Crippen LogP contribution in [0.1, 0.15) is 25.6 Å². The molecule has 0 aromatic carbocycles. The Balaban J connectivity index is 1.71. The third kappa shape index (κ3) is 2.38. The van der Waals surface area contributed by atoms with Crippen molar-refractivity contribution in [3.63, 3.8) is 0 Å². The van der Waals surface area contributed by atoms with Crippen molar-refractivity contribution in [2.45, 2.75) is 38.4 Å². The van der Waals surface area contributed by atoms with Gasteiger partial charge in [0, 0.05) is 32.0 Å². The maximum Gasteiger partial charge on any atom is 0.122 e. The molecule has 1 fully saturated rings. The molecule has 2 heterocycles. The van der Waals surface area contributed by atoms with E-state index in [1.807, 2.05) is 12.4 Å². The third-order valence-corrected chi connectivity index (χ3v) is 4.26. The summed E-state index contributed by atoms with van der Waals surface area (Å²) < 4.78 is 2.20. The zero-order chi connectivity index (χ0) is 13.3. The van der Waals surface area contributed by atoms with E-state index in [1.165, 1.54) is 12.8 Å². The van der Waals surface area contributed by atoms with Gasteiger partial charge in [0.25, 0.3) is 0 Å². The SMILES string of the molecule is CCNC(C#N)(CN1CCn2ccnc2C1)C1CC1. The van der Waals surface area contributed by atoms with Crippen LogP contribution in [-0.2, 0) is 13.1 Å². The van der Waals surface area contributed by atoms with E-state index in [1.54, 1.807) is 0 Å².